The lowest BCUT2D eigenvalue weighted by molar-refractivity contribution is 1.28. The Morgan fingerprint density at radius 2 is 1.17 bits per heavy atom. The molecule has 0 fully saturated rings. The first-order valence-electron chi connectivity index (χ1n) is 7.74. The highest BCUT2D eigenvalue weighted by atomic mass is 14.8. The average molecular weight is 314 g/mol. The molecule has 0 unspecified atom stereocenters. The fourth-order valence-electron chi connectivity index (χ4n) is 2.24. The van der Waals surface area contributed by atoms with Gasteiger partial charge in [0.25, 0.3) is 0 Å². The van der Waals surface area contributed by atoms with Crippen LogP contribution in [-0.2, 0) is 0 Å². The molecule has 0 spiro atoms. The molecule has 0 bridgehead atoms. The number of nitrogens with zero attached hydrogens (tertiary/aromatic N) is 4. The van der Waals surface area contributed by atoms with E-state index in [2.05, 4.69) is 20.0 Å². The lowest BCUT2D eigenvalue weighted by Gasteiger charge is -2.06. The second-order valence-electron chi connectivity index (χ2n) is 5.45. The molecule has 4 nitrogen and oxygen atoms in total. The summed E-state index contributed by atoms with van der Waals surface area (Å²) in [4.78, 5) is 17.6. The molecule has 0 aliphatic heterocycles. The first kappa shape index (κ1) is 15.7. The van der Waals surface area contributed by atoms with Crippen LogP contribution < -0.4 is 0 Å². The van der Waals surface area contributed by atoms with Crippen molar-refractivity contribution in [2.75, 3.05) is 0 Å². The van der Waals surface area contributed by atoms with E-state index in [0.717, 1.165) is 33.9 Å². The Labute approximate surface area is 141 Å². The van der Waals surface area contributed by atoms with E-state index in [1.165, 1.54) is 0 Å². The van der Waals surface area contributed by atoms with Gasteiger partial charge in [-0.1, -0.05) is 12.1 Å². The highest BCUT2D eigenvalue weighted by Gasteiger charge is 2.03. The topological polar surface area (TPSA) is 50.5 Å². The molecule has 24 heavy (non-hydrogen) atoms. The van der Waals surface area contributed by atoms with Gasteiger partial charge in [-0.2, -0.15) is 0 Å². The van der Waals surface area contributed by atoms with Crippen LogP contribution in [0.1, 0.15) is 22.5 Å². The molecular weight excluding hydrogens is 296 g/mol. The molecule has 4 heteroatoms. The molecule has 0 saturated heterocycles. The summed E-state index contributed by atoms with van der Waals surface area (Å²) in [6.45, 7) is 4.06. The number of hydrogen-bond donors (Lipinski definition) is 0. The normalized spacial score (nSPS) is 11.4. The van der Waals surface area contributed by atoms with Crippen molar-refractivity contribution >= 4 is 23.8 Å². The van der Waals surface area contributed by atoms with Crippen molar-refractivity contribution in [1.29, 1.82) is 0 Å². The number of pyridine rings is 2. The molecular formula is C20H18N4. The number of hydrogen-bond acceptors (Lipinski definition) is 4. The van der Waals surface area contributed by atoms with Crippen molar-refractivity contribution in [3.63, 3.8) is 0 Å². The van der Waals surface area contributed by atoms with E-state index in [4.69, 9.17) is 0 Å². The molecule has 0 N–H and O–H groups in total. The minimum Gasteiger partial charge on any atom is -0.255 e. The smallest absolute Gasteiger partial charge is 0.0812 e. The maximum Gasteiger partial charge on any atom is 0.0812 e. The number of benzene rings is 1. The summed E-state index contributed by atoms with van der Waals surface area (Å²) in [6.07, 6.45) is 7.07. The molecule has 0 aliphatic rings. The highest BCUT2D eigenvalue weighted by Crippen LogP contribution is 2.28. The van der Waals surface area contributed by atoms with Crippen LogP contribution in [0.4, 0.5) is 11.4 Å². The number of aryl methyl sites for hydroxylation is 2. The maximum absolute atomic E-state index is 4.54. The van der Waals surface area contributed by atoms with Crippen LogP contribution in [0.5, 0.6) is 0 Å². The predicted octanol–water partition coefficient (Wildman–Crippen LogP) is 4.59. The predicted molar refractivity (Wildman–Crippen MR) is 98.9 cm³/mol. The van der Waals surface area contributed by atoms with Crippen molar-refractivity contribution in [3.8, 4) is 0 Å². The number of aromatic nitrogens is 2. The van der Waals surface area contributed by atoms with E-state index >= 15 is 0 Å². The molecule has 3 aromatic rings. The third kappa shape index (κ3) is 3.98. The summed E-state index contributed by atoms with van der Waals surface area (Å²) in [5, 5.41) is 0. The number of rotatable bonds is 4. The van der Waals surface area contributed by atoms with Gasteiger partial charge in [-0.15, -0.1) is 0 Å². The summed E-state index contributed by atoms with van der Waals surface area (Å²) in [5.74, 6) is 0. The van der Waals surface area contributed by atoms with Gasteiger partial charge in [-0.3, -0.25) is 20.0 Å². The van der Waals surface area contributed by atoms with Crippen molar-refractivity contribution in [1.82, 2.24) is 9.97 Å². The minimum atomic E-state index is 0.840. The molecule has 3 rings (SSSR count). The second kappa shape index (κ2) is 7.42. The van der Waals surface area contributed by atoms with Gasteiger partial charge in [0.1, 0.15) is 0 Å². The van der Waals surface area contributed by atoms with E-state index in [9.17, 15) is 0 Å². The van der Waals surface area contributed by atoms with Gasteiger partial charge in [-0.05, 0) is 61.4 Å². The third-order valence-electron chi connectivity index (χ3n) is 3.56. The Kier molecular flexibility index (Phi) is 4.87. The molecule has 0 saturated carbocycles. The summed E-state index contributed by atoms with van der Waals surface area (Å²) >= 11 is 0. The molecule has 0 aliphatic carbocycles. The molecule has 0 radical (unpaired) electrons. The van der Waals surface area contributed by atoms with E-state index in [-0.39, 0.29) is 0 Å². The van der Waals surface area contributed by atoms with E-state index < -0.39 is 0 Å². The summed E-state index contributed by atoms with van der Waals surface area (Å²) in [7, 11) is 0. The molecule has 118 valence electrons. The zero-order valence-electron chi connectivity index (χ0n) is 13.7. The fraction of sp³-hybridized carbons (Fsp3) is 0.100. The Hall–Kier alpha value is -3.14. The van der Waals surface area contributed by atoms with Gasteiger partial charge in [0, 0.05) is 12.4 Å². The monoisotopic (exact) mass is 314 g/mol. The van der Waals surface area contributed by atoms with Crippen molar-refractivity contribution in [2.45, 2.75) is 13.8 Å². The molecule has 0 amide bonds. The van der Waals surface area contributed by atoms with Crippen molar-refractivity contribution < 1.29 is 0 Å². The second-order valence-corrected chi connectivity index (χ2v) is 5.45. The Balaban J connectivity index is 1.83. The third-order valence-corrected chi connectivity index (χ3v) is 3.56. The fourth-order valence-corrected chi connectivity index (χ4v) is 2.24. The van der Waals surface area contributed by atoms with Crippen LogP contribution in [0.25, 0.3) is 0 Å². The quantitative estimate of drug-likeness (QED) is 0.661. The summed E-state index contributed by atoms with van der Waals surface area (Å²) in [5.41, 5.74) is 5.67. The van der Waals surface area contributed by atoms with Gasteiger partial charge in [0.05, 0.1) is 35.2 Å². The standard InChI is InChI=1S/C20H18N4/c1-15-11-20(24-14-18-8-4-6-10-22-18)16(2)12-19(15)23-13-17-7-3-5-9-21-17/h3-14H,1-2H3. The van der Waals surface area contributed by atoms with Gasteiger partial charge in [0.2, 0.25) is 0 Å². The molecule has 2 aromatic heterocycles. The Morgan fingerprint density at radius 3 is 1.54 bits per heavy atom. The zero-order valence-corrected chi connectivity index (χ0v) is 13.7. The number of aliphatic imine (C=N–C) groups is 2. The highest BCUT2D eigenvalue weighted by molar-refractivity contribution is 5.82. The van der Waals surface area contributed by atoms with Crippen LogP contribution in [0, 0.1) is 13.8 Å². The van der Waals surface area contributed by atoms with Crippen LogP contribution in [0.15, 0.2) is 70.9 Å². The Morgan fingerprint density at radius 1 is 0.708 bits per heavy atom. The van der Waals surface area contributed by atoms with Gasteiger partial charge in [0.15, 0.2) is 0 Å². The average Bonchev–Trinajstić information content (AvgIpc) is 2.62. The van der Waals surface area contributed by atoms with Crippen LogP contribution in [-0.4, -0.2) is 22.4 Å². The first-order valence-corrected chi connectivity index (χ1v) is 7.74. The zero-order chi connectivity index (χ0) is 16.8. The molecule has 0 atom stereocenters. The lowest BCUT2D eigenvalue weighted by atomic mass is 10.1. The van der Waals surface area contributed by atoms with E-state index in [0.29, 0.717) is 0 Å². The van der Waals surface area contributed by atoms with Crippen LogP contribution in [0.2, 0.25) is 0 Å². The summed E-state index contributed by atoms with van der Waals surface area (Å²) < 4.78 is 0. The lowest BCUT2D eigenvalue weighted by Crippen LogP contribution is -1.87. The van der Waals surface area contributed by atoms with Crippen LogP contribution in [0.3, 0.4) is 0 Å². The molecule has 2 heterocycles. The van der Waals surface area contributed by atoms with E-state index in [1.54, 1.807) is 24.8 Å². The van der Waals surface area contributed by atoms with Crippen LogP contribution >= 0.6 is 0 Å². The SMILES string of the molecule is Cc1cc(N=Cc2ccccn2)c(C)cc1N=Cc1ccccn1. The van der Waals surface area contributed by atoms with Gasteiger partial charge < -0.3 is 0 Å². The summed E-state index contributed by atoms with van der Waals surface area (Å²) in [6, 6.07) is 15.6. The molecule has 1 aromatic carbocycles. The van der Waals surface area contributed by atoms with Crippen molar-refractivity contribution in [2.24, 2.45) is 9.98 Å². The Bertz CT molecular complexity index is 794. The minimum absolute atomic E-state index is 0.840. The van der Waals surface area contributed by atoms with E-state index in [1.807, 2.05) is 62.4 Å². The largest absolute Gasteiger partial charge is 0.255 e. The van der Waals surface area contributed by atoms with Crippen molar-refractivity contribution in [3.05, 3.63) is 83.4 Å². The maximum atomic E-state index is 4.54. The first-order chi connectivity index (χ1) is 11.7. The van der Waals surface area contributed by atoms with Gasteiger partial charge >= 0.3 is 0 Å². The van der Waals surface area contributed by atoms with Gasteiger partial charge in [-0.25, -0.2) is 0 Å².